The molecular formula is C22H18F3N3O4. The minimum Gasteiger partial charge on any atom is -0.494 e. The van der Waals surface area contributed by atoms with E-state index in [4.69, 9.17) is 4.74 Å². The summed E-state index contributed by atoms with van der Waals surface area (Å²) in [6.07, 6.45) is -4.76. The zero-order valence-electron chi connectivity index (χ0n) is 17.1. The molecule has 2 aromatic carbocycles. The number of alkyl halides is 3. The summed E-state index contributed by atoms with van der Waals surface area (Å²) in [5.41, 5.74) is -0.471. The fourth-order valence-corrected chi connectivity index (χ4v) is 3.71. The number of nitrogens with zero attached hydrogens (tertiary/aromatic N) is 3. The highest BCUT2D eigenvalue weighted by Crippen LogP contribution is 2.38. The van der Waals surface area contributed by atoms with Crippen LogP contribution in [0.25, 0.3) is 5.69 Å². The number of methoxy groups -OCH3 is 2. The predicted molar refractivity (Wildman–Crippen MR) is 108 cm³/mol. The third kappa shape index (κ3) is 3.57. The minimum absolute atomic E-state index is 0.0318. The lowest BCUT2D eigenvalue weighted by molar-refractivity contribution is -0.141. The highest BCUT2D eigenvalue weighted by molar-refractivity contribution is 6.08. The number of hydrogen-bond donors (Lipinski definition) is 0. The Balaban J connectivity index is 1.83. The van der Waals surface area contributed by atoms with Gasteiger partial charge in [0.25, 0.3) is 5.91 Å². The second kappa shape index (κ2) is 8.03. The Labute approximate surface area is 181 Å². The average Bonchev–Trinajstić information content (AvgIpc) is 3.20. The molecule has 10 heteroatoms. The average molecular weight is 445 g/mol. The van der Waals surface area contributed by atoms with Gasteiger partial charge >= 0.3 is 12.1 Å². The number of para-hydroxylation sites is 2. The molecule has 166 valence electrons. The van der Waals surface area contributed by atoms with Crippen molar-refractivity contribution < 1.29 is 32.2 Å². The molecule has 0 bridgehead atoms. The summed E-state index contributed by atoms with van der Waals surface area (Å²) in [6.45, 7) is 0.0318. The topological polar surface area (TPSA) is 73.7 Å². The van der Waals surface area contributed by atoms with Crippen LogP contribution >= 0.6 is 0 Å². The lowest BCUT2D eigenvalue weighted by Crippen LogP contribution is -2.39. The summed E-state index contributed by atoms with van der Waals surface area (Å²) in [4.78, 5) is 26.4. The molecule has 0 spiro atoms. The maximum atomic E-state index is 13.7. The molecule has 0 aliphatic carbocycles. The molecule has 0 radical (unpaired) electrons. The first-order valence-corrected chi connectivity index (χ1v) is 9.59. The molecule has 32 heavy (non-hydrogen) atoms. The molecule has 1 amide bonds. The van der Waals surface area contributed by atoms with Gasteiger partial charge in [-0.1, -0.05) is 12.1 Å². The summed E-state index contributed by atoms with van der Waals surface area (Å²) in [5, 5.41) is 3.77. The molecular weight excluding hydrogens is 427 g/mol. The second-order valence-corrected chi connectivity index (χ2v) is 7.00. The number of fused-ring (bicyclic) bond motifs is 1. The summed E-state index contributed by atoms with van der Waals surface area (Å²) in [7, 11) is 2.64. The summed E-state index contributed by atoms with van der Waals surface area (Å²) in [5.74, 6) is -0.891. The van der Waals surface area contributed by atoms with Crippen LogP contribution in [0.3, 0.4) is 0 Å². The maximum absolute atomic E-state index is 13.7. The van der Waals surface area contributed by atoms with Crippen molar-refractivity contribution in [1.82, 2.24) is 9.78 Å². The van der Waals surface area contributed by atoms with E-state index in [0.717, 1.165) is 4.68 Å². The van der Waals surface area contributed by atoms with Crippen molar-refractivity contribution in [2.45, 2.75) is 12.6 Å². The Kier molecular flexibility index (Phi) is 5.37. The predicted octanol–water partition coefficient (Wildman–Crippen LogP) is 3.89. The standard InChI is InChI=1S/C22H18F3N3O4/c1-31-17-6-4-3-5-16(17)28-18-15(19(26-28)22(23,24)25)11-12-27(20(18)29)14-9-7-13(8-10-14)21(30)32-2/h3-10H,11-12H2,1-2H3. The number of rotatable bonds is 4. The molecule has 0 atom stereocenters. The van der Waals surface area contributed by atoms with E-state index in [9.17, 15) is 22.8 Å². The van der Waals surface area contributed by atoms with E-state index in [1.54, 1.807) is 30.3 Å². The van der Waals surface area contributed by atoms with Crippen LogP contribution in [0.1, 0.15) is 32.1 Å². The molecule has 2 heterocycles. The molecule has 0 N–H and O–H groups in total. The van der Waals surface area contributed by atoms with Gasteiger partial charge in [-0.25, -0.2) is 9.48 Å². The van der Waals surface area contributed by atoms with Crippen molar-refractivity contribution in [2.24, 2.45) is 0 Å². The molecule has 0 fully saturated rings. The SMILES string of the molecule is COC(=O)c1ccc(N2CCc3c(C(F)(F)F)nn(-c4ccccc4OC)c3C2=O)cc1. The number of halogens is 3. The first-order chi connectivity index (χ1) is 15.3. The number of ether oxygens (including phenoxy) is 2. The molecule has 0 unspecified atom stereocenters. The smallest absolute Gasteiger partial charge is 0.435 e. The maximum Gasteiger partial charge on any atom is 0.435 e. The summed E-state index contributed by atoms with van der Waals surface area (Å²) in [6, 6.07) is 12.5. The van der Waals surface area contributed by atoms with Crippen molar-refractivity contribution in [3.63, 3.8) is 0 Å². The van der Waals surface area contributed by atoms with Crippen molar-refractivity contribution in [1.29, 1.82) is 0 Å². The number of anilines is 1. The molecule has 1 aliphatic rings. The van der Waals surface area contributed by atoms with Gasteiger partial charge in [0, 0.05) is 17.8 Å². The van der Waals surface area contributed by atoms with Crippen LogP contribution in [0.4, 0.5) is 18.9 Å². The zero-order valence-corrected chi connectivity index (χ0v) is 17.1. The fraction of sp³-hybridized carbons (Fsp3) is 0.227. The fourth-order valence-electron chi connectivity index (χ4n) is 3.71. The third-order valence-corrected chi connectivity index (χ3v) is 5.20. The van der Waals surface area contributed by atoms with E-state index < -0.39 is 23.7 Å². The number of esters is 1. The first kappa shape index (κ1) is 21.4. The third-order valence-electron chi connectivity index (χ3n) is 5.20. The van der Waals surface area contributed by atoms with Gasteiger partial charge in [-0.2, -0.15) is 18.3 Å². The number of benzene rings is 2. The van der Waals surface area contributed by atoms with Crippen LogP contribution in [-0.2, 0) is 17.3 Å². The van der Waals surface area contributed by atoms with Gasteiger partial charge < -0.3 is 14.4 Å². The lowest BCUT2D eigenvalue weighted by atomic mass is 10.0. The quantitative estimate of drug-likeness (QED) is 0.570. The Hall–Kier alpha value is -3.82. The van der Waals surface area contributed by atoms with Crippen molar-refractivity contribution in [3.05, 3.63) is 71.0 Å². The van der Waals surface area contributed by atoms with E-state index in [2.05, 4.69) is 9.84 Å². The Morgan fingerprint density at radius 1 is 1.06 bits per heavy atom. The number of amides is 1. The number of carbonyl (C=O) groups excluding carboxylic acids is 2. The Morgan fingerprint density at radius 2 is 1.75 bits per heavy atom. The normalized spacial score (nSPS) is 13.7. The van der Waals surface area contributed by atoms with E-state index in [1.165, 1.54) is 37.3 Å². The van der Waals surface area contributed by atoms with Crippen LogP contribution in [0, 0.1) is 0 Å². The van der Waals surface area contributed by atoms with Gasteiger partial charge in [0.1, 0.15) is 17.1 Å². The Bertz CT molecular complexity index is 1190. The molecule has 3 aromatic rings. The van der Waals surface area contributed by atoms with E-state index in [1.807, 2.05) is 0 Å². The van der Waals surface area contributed by atoms with Gasteiger partial charge in [-0.3, -0.25) is 4.79 Å². The summed E-state index contributed by atoms with van der Waals surface area (Å²) >= 11 is 0. The molecule has 1 aromatic heterocycles. The van der Waals surface area contributed by atoms with Crippen molar-refractivity contribution in [3.8, 4) is 11.4 Å². The van der Waals surface area contributed by atoms with Crippen LogP contribution in [0.15, 0.2) is 48.5 Å². The zero-order chi connectivity index (χ0) is 23.0. The molecule has 4 rings (SSSR count). The highest BCUT2D eigenvalue weighted by atomic mass is 19.4. The van der Waals surface area contributed by atoms with Crippen molar-refractivity contribution >= 4 is 17.6 Å². The van der Waals surface area contributed by atoms with E-state index in [-0.39, 0.29) is 35.7 Å². The van der Waals surface area contributed by atoms with Gasteiger partial charge in [0.2, 0.25) is 0 Å². The van der Waals surface area contributed by atoms with Gasteiger partial charge in [0.15, 0.2) is 5.69 Å². The number of aromatic nitrogens is 2. The van der Waals surface area contributed by atoms with Gasteiger partial charge in [0.05, 0.1) is 19.8 Å². The van der Waals surface area contributed by atoms with Gasteiger partial charge in [-0.05, 0) is 42.8 Å². The lowest BCUT2D eigenvalue weighted by Gasteiger charge is -2.28. The molecule has 0 saturated carbocycles. The molecule has 7 nitrogen and oxygen atoms in total. The van der Waals surface area contributed by atoms with E-state index >= 15 is 0 Å². The Morgan fingerprint density at radius 3 is 2.38 bits per heavy atom. The number of hydrogen-bond acceptors (Lipinski definition) is 5. The van der Waals surface area contributed by atoms with E-state index in [0.29, 0.717) is 11.3 Å². The molecule has 0 saturated heterocycles. The van der Waals surface area contributed by atoms with Crippen LogP contribution in [0.5, 0.6) is 5.75 Å². The van der Waals surface area contributed by atoms with Crippen LogP contribution in [-0.4, -0.2) is 42.4 Å². The van der Waals surface area contributed by atoms with Crippen molar-refractivity contribution in [2.75, 3.05) is 25.7 Å². The second-order valence-electron chi connectivity index (χ2n) is 7.00. The minimum atomic E-state index is -4.72. The van der Waals surface area contributed by atoms with Crippen LogP contribution in [0.2, 0.25) is 0 Å². The molecule has 1 aliphatic heterocycles. The number of carbonyl (C=O) groups is 2. The largest absolute Gasteiger partial charge is 0.494 e. The first-order valence-electron chi connectivity index (χ1n) is 9.59. The highest BCUT2D eigenvalue weighted by Gasteiger charge is 2.43. The monoisotopic (exact) mass is 445 g/mol. The van der Waals surface area contributed by atoms with Crippen LogP contribution < -0.4 is 9.64 Å². The summed E-state index contributed by atoms with van der Waals surface area (Å²) < 4.78 is 52.1. The van der Waals surface area contributed by atoms with Gasteiger partial charge in [-0.15, -0.1) is 0 Å².